The molecule has 0 aromatic heterocycles. The van der Waals surface area contributed by atoms with Gasteiger partial charge in [0.1, 0.15) is 0 Å². The summed E-state index contributed by atoms with van der Waals surface area (Å²) in [6.45, 7) is 2.66. The summed E-state index contributed by atoms with van der Waals surface area (Å²) in [6, 6.07) is 22.5. The van der Waals surface area contributed by atoms with Crippen molar-refractivity contribution >= 4 is 29.6 Å². The number of nitrogens with zero attached hydrogens (tertiary/aromatic N) is 3. The van der Waals surface area contributed by atoms with Crippen LogP contribution in [-0.4, -0.2) is 64.0 Å². The van der Waals surface area contributed by atoms with Crippen LogP contribution in [0.15, 0.2) is 72.8 Å². The highest BCUT2D eigenvalue weighted by molar-refractivity contribution is 6.04. The van der Waals surface area contributed by atoms with Crippen molar-refractivity contribution < 1.29 is 19.1 Å². The first-order chi connectivity index (χ1) is 18.4. The zero-order valence-corrected chi connectivity index (χ0v) is 22.1. The molecule has 0 spiro atoms. The fourth-order valence-electron chi connectivity index (χ4n) is 4.26. The largest absolute Gasteiger partial charge is 0.381 e. The molecule has 8 nitrogen and oxygen atoms in total. The van der Waals surface area contributed by atoms with Gasteiger partial charge in [-0.1, -0.05) is 36.4 Å². The van der Waals surface area contributed by atoms with E-state index in [0.717, 1.165) is 27.4 Å². The maximum Gasteiger partial charge on any atom is 0.262 e. The van der Waals surface area contributed by atoms with Gasteiger partial charge in [-0.2, -0.15) is 0 Å². The van der Waals surface area contributed by atoms with Crippen molar-refractivity contribution in [3.63, 3.8) is 0 Å². The second kappa shape index (κ2) is 12.4. The highest BCUT2D eigenvalue weighted by Gasteiger charge is 2.21. The van der Waals surface area contributed by atoms with Crippen LogP contribution in [-0.2, 0) is 22.6 Å². The summed E-state index contributed by atoms with van der Waals surface area (Å²) in [4.78, 5) is 43.0. The zero-order valence-electron chi connectivity index (χ0n) is 22.1. The molecule has 1 saturated heterocycles. The molecule has 198 valence electrons. The van der Waals surface area contributed by atoms with Gasteiger partial charge in [0.25, 0.3) is 11.8 Å². The van der Waals surface area contributed by atoms with Gasteiger partial charge >= 0.3 is 0 Å². The van der Waals surface area contributed by atoms with Crippen molar-refractivity contribution in [3.8, 4) is 0 Å². The molecule has 0 unspecified atom stereocenters. The Morgan fingerprint density at radius 3 is 2.13 bits per heavy atom. The maximum absolute atomic E-state index is 13.4. The van der Waals surface area contributed by atoms with Crippen LogP contribution in [0, 0.1) is 5.92 Å². The Morgan fingerprint density at radius 1 is 0.895 bits per heavy atom. The Labute approximate surface area is 223 Å². The minimum Gasteiger partial charge on any atom is -0.381 e. The predicted molar refractivity (Wildman–Crippen MR) is 148 cm³/mol. The lowest BCUT2D eigenvalue weighted by atomic mass is 10.1. The van der Waals surface area contributed by atoms with Crippen molar-refractivity contribution in [3.05, 3.63) is 95.1 Å². The van der Waals surface area contributed by atoms with Crippen molar-refractivity contribution in [1.29, 1.82) is 0 Å². The quantitative estimate of drug-likeness (QED) is 0.394. The number of rotatable bonds is 11. The Hall–Kier alpha value is -4.17. The maximum atomic E-state index is 13.4. The van der Waals surface area contributed by atoms with E-state index in [-0.39, 0.29) is 18.4 Å². The number of hydrogen-bond acceptors (Lipinski definition) is 6. The number of imide groups is 1. The lowest BCUT2D eigenvalue weighted by Crippen LogP contribution is -2.39. The smallest absolute Gasteiger partial charge is 0.262 e. The third-order valence-electron chi connectivity index (χ3n) is 6.63. The molecule has 0 aliphatic carbocycles. The number of nitrogens with one attached hydrogen (secondary N) is 1. The van der Waals surface area contributed by atoms with E-state index in [1.54, 1.807) is 36.4 Å². The van der Waals surface area contributed by atoms with E-state index in [2.05, 4.69) is 29.6 Å². The van der Waals surface area contributed by atoms with Gasteiger partial charge in [-0.05, 0) is 47.5 Å². The van der Waals surface area contributed by atoms with E-state index < -0.39 is 0 Å². The standard InChI is InChI=1S/C30H34N4O4/c1-32(2)26-14-10-22(11-15-26)17-33(3)28-7-5-4-6-27(28)30(37)34(21-35)18-23-8-12-25(13-9-23)29(36)31-16-24-19-38-20-24/h4-15,21,24H,16-20H2,1-3H3,(H,31,36). The summed E-state index contributed by atoms with van der Waals surface area (Å²) < 4.78 is 5.13. The first-order valence-corrected chi connectivity index (χ1v) is 12.6. The van der Waals surface area contributed by atoms with E-state index in [9.17, 15) is 14.4 Å². The molecular weight excluding hydrogens is 480 g/mol. The van der Waals surface area contributed by atoms with Gasteiger partial charge in [-0.25, -0.2) is 0 Å². The van der Waals surface area contributed by atoms with Gasteiger partial charge in [-0.3, -0.25) is 19.3 Å². The number of carbonyl (C=O) groups is 3. The first-order valence-electron chi connectivity index (χ1n) is 12.6. The Morgan fingerprint density at radius 2 is 1.53 bits per heavy atom. The topological polar surface area (TPSA) is 82.2 Å². The minimum atomic E-state index is -0.380. The minimum absolute atomic E-state index is 0.105. The summed E-state index contributed by atoms with van der Waals surface area (Å²) in [5.74, 6) is -0.161. The highest BCUT2D eigenvalue weighted by atomic mass is 16.5. The van der Waals surface area contributed by atoms with Crippen LogP contribution in [0.2, 0.25) is 0 Å². The monoisotopic (exact) mass is 514 g/mol. The number of hydrogen-bond donors (Lipinski definition) is 1. The molecule has 0 atom stereocenters. The lowest BCUT2D eigenvalue weighted by molar-refractivity contribution is -0.116. The van der Waals surface area contributed by atoms with E-state index in [1.165, 1.54) is 0 Å². The van der Waals surface area contributed by atoms with Gasteiger partial charge in [0.15, 0.2) is 0 Å². The second-order valence-corrected chi connectivity index (χ2v) is 9.78. The number of benzene rings is 3. The molecule has 0 bridgehead atoms. The molecule has 3 amide bonds. The number of amides is 3. The van der Waals surface area contributed by atoms with Crippen molar-refractivity contribution in [1.82, 2.24) is 10.2 Å². The number of para-hydroxylation sites is 1. The molecule has 0 radical (unpaired) electrons. The van der Waals surface area contributed by atoms with Crippen LogP contribution in [0.25, 0.3) is 0 Å². The van der Waals surface area contributed by atoms with Crippen molar-refractivity contribution in [2.75, 3.05) is 50.7 Å². The third-order valence-corrected chi connectivity index (χ3v) is 6.63. The normalized spacial score (nSPS) is 12.8. The number of carbonyl (C=O) groups excluding carboxylic acids is 3. The average molecular weight is 515 g/mol. The molecule has 1 N–H and O–H groups in total. The van der Waals surface area contributed by atoms with Crippen LogP contribution in [0.5, 0.6) is 0 Å². The fourth-order valence-corrected chi connectivity index (χ4v) is 4.26. The second-order valence-electron chi connectivity index (χ2n) is 9.78. The van der Waals surface area contributed by atoms with E-state index in [1.807, 2.05) is 43.1 Å². The number of ether oxygens (including phenoxy) is 1. The molecule has 4 rings (SSSR count). The van der Waals surface area contributed by atoms with Gasteiger partial charge in [0, 0.05) is 57.1 Å². The molecule has 3 aromatic carbocycles. The molecule has 1 aliphatic rings. The summed E-state index contributed by atoms with van der Waals surface area (Å²) in [5.41, 5.74) is 4.70. The highest BCUT2D eigenvalue weighted by Crippen LogP contribution is 2.24. The molecule has 1 heterocycles. The molecular formula is C30H34N4O4. The van der Waals surface area contributed by atoms with E-state index in [0.29, 0.717) is 49.8 Å². The summed E-state index contributed by atoms with van der Waals surface area (Å²) in [5, 5.41) is 2.91. The molecule has 1 aliphatic heterocycles. The van der Waals surface area contributed by atoms with Gasteiger partial charge in [0.2, 0.25) is 6.41 Å². The van der Waals surface area contributed by atoms with Crippen LogP contribution in [0.4, 0.5) is 11.4 Å². The summed E-state index contributed by atoms with van der Waals surface area (Å²) in [6.07, 6.45) is 0.556. The van der Waals surface area contributed by atoms with Crippen LogP contribution >= 0.6 is 0 Å². The predicted octanol–water partition coefficient (Wildman–Crippen LogP) is 3.56. The van der Waals surface area contributed by atoms with Gasteiger partial charge in [-0.15, -0.1) is 0 Å². The average Bonchev–Trinajstić information content (AvgIpc) is 2.91. The Bertz CT molecular complexity index is 1250. The van der Waals surface area contributed by atoms with Crippen molar-refractivity contribution in [2.24, 2.45) is 5.92 Å². The molecule has 3 aromatic rings. The van der Waals surface area contributed by atoms with Gasteiger partial charge in [0.05, 0.1) is 25.3 Å². The fraction of sp³-hybridized carbons (Fsp3) is 0.300. The van der Waals surface area contributed by atoms with Crippen molar-refractivity contribution in [2.45, 2.75) is 13.1 Å². The first kappa shape index (κ1) is 26.9. The van der Waals surface area contributed by atoms with E-state index >= 15 is 0 Å². The van der Waals surface area contributed by atoms with Crippen LogP contribution in [0.3, 0.4) is 0 Å². The van der Waals surface area contributed by atoms with Gasteiger partial charge < -0.3 is 19.9 Å². The third kappa shape index (κ3) is 6.58. The molecule has 0 saturated carbocycles. The molecule has 8 heteroatoms. The SMILES string of the molecule is CN(C)c1ccc(CN(C)c2ccccc2C(=O)N(C=O)Cc2ccc(C(=O)NCC3COC3)cc2)cc1. The van der Waals surface area contributed by atoms with Crippen LogP contribution < -0.4 is 15.1 Å². The summed E-state index contributed by atoms with van der Waals surface area (Å²) >= 11 is 0. The lowest BCUT2D eigenvalue weighted by Gasteiger charge is -2.26. The molecule has 1 fully saturated rings. The van der Waals surface area contributed by atoms with E-state index in [4.69, 9.17) is 4.74 Å². The molecule has 38 heavy (non-hydrogen) atoms. The zero-order chi connectivity index (χ0) is 27.1. The Balaban J connectivity index is 1.42. The van der Waals surface area contributed by atoms with Crippen LogP contribution in [0.1, 0.15) is 31.8 Å². The summed E-state index contributed by atoms with van der Waals surface area (Å²) in [7, 11) is 5.93. The number of anilines is 2. The Kier molecular flexibility index (Phi) is 8.76.